The van der Waals surface area contributed by atoms with Crippen molar-refractivity contribution in [1.29, 1.82) is 5.26 Å². The van der Waals surface area contributed by atoms with E-state index in [0.29, 0.717) is 36.9 Å². The molecule has 2 aromatic rings. The molecule has 2 amide bonds. The number of anilines is 1. The van der Waals surface area contributed by atoms with Gasteiger partial charge in [-0.25, -0.2) is 8.78 Å². The molecule has 2 aliphatic heterocycles. The maximum Gasteiger partial charge on any atom is 0.251 e. The van der Waals surface area contributed by atoms with Gasteiger partial charge in [0, 0.05) is 33.5 Å². The average molecular weight is 515 g/mol. The summed E-state index contributed by atoms with van der Waals surface area (Å²) in [5.41, 5.74) is 3.71. The molecule has 4 rings (SSSR count). The lowest BCUT2D eigenvalue weighted by Crippen LogP contribution is -2.48. The van der Waals surface area contributed by atoms with Crippen LogP contribution in [0.15, 0.2) is 36.4 Å². The zero-order valence-electron chi connectivity index (χ0n) is 21.5. The van der Waals surface area contributed by atoms with Gasteiger partial charge in [-0.05, 0) is 59.8 Å². The maximum atomic E-state index is 15.0. The topological polar surface area (TPSA) is 94.5 Å². The van der Waals surface area contributed by atoms with E-state index in [2.05, 4.69) is 10.6 Å². The Kier molecular flexibility index (Phi) is 10.1. The summed E-state index contributed by atoms with van der Waals surface area (Å²) in [6.07, 6.45) is -0.698. The fourth-order valence-corrected chi connectivity index (χ4v) is 4.37. The first kappa shape index (κ1) is 28.2. The molecular weight excluding hydrogens is 478 g/mol. The highest BCUT2D eigenvalue weighted by molar-refractivity contribution is 5.96. The standard InChI is InChI=1S/C26H28F2N4O3.C2H6.H2/c1-32-23-6-4-16(10-19(23)5-7-25(32)33)17-2-3-18(22(28)12-17)11-21(13-29)31-26(34)24-14-30-9-8-20(27)15-35-24;1-2;/h2-4,6,10,12,20-21,24,30H,5,7-9,11,14-15H2,1H3,(H,31,34);1-2H3;1H. The van der Waals surface area contributed by atoms with Gasteiger partial charge >= 0.3 is 0 Å². The number of nitriles is 1. The molecule has 2 N–H and O–H groups in total. The molecule has 1 saturated heterocycles. The van der Waals surface area contributed by atoms with Crippen LogP contribution in [0, 0.1) is 17.1 Å². The summed E-state index contributed by atoms with van der Waals surface area (Å²) in [4.78, 5) is 26.1. The van der Waals surface area contributed by atoms with E-state index in [9.17, 15) is 23.6 Å². The van der Waals surface area contributed by atoms with E-state index < -0.39 is 30.0 Å². The van der Waals surface area contributed by atoms with E-state index in [1.165, 1.54) is 6.07 Å². The van der Waals surface area contributed by atoms with Crippen molar-refractivity contribution in [3.8, 4) is 17.2 Å². The van der Waals surface area contributed by atoms with E-state index in [1.54, 1.807) is 24.1 Å². The van der Waals surface area contributed by atoms with Gasteiger partial charge in [0.1, 0.15) is 24.1 Å². The monoisotopic (exact) mass is 514 g/mol. The minimum absolute atomic E-state index is 0. The summed E-state index contributed by atoms with van der Waals surface area (Å²) >= 11 is 0. The number of carbonyl (C=O) groups excluding carboxylic acids is 2. The molecule has 0 aromatic heterocycles. The first-order valence-corrected chi connectivity index (χ1v) is 12.7. The highest BCUT2D eigenvalue weighted by Crippen LogP contribution is 2.32. The zero-order valence-corrected chi connectivity index (χ0v) is 21.5. The van der Waals surface area contributed by atoms with Crippen molar-refractivity contribution in [3.05, 3.63) is 53.3 Å². The van der Waals surface area contributed by atoms with Crippen molar-refractivity contribution in [2.75, 3.05) is 31.6 Å². The fourth-order valence-electron chi connectivity index (χ4n) is 4.37. The lowest BCUT2D eigenvalue weighted by atomic mass is 9.95. The molecule has 37 heavy (non-hydrogen) atoms. The number of rotatable bonds is 5. The third-order valence-electron chi connectivity index (χ3n) is 6.44. The molecule has 0 bridgehead atoms. The molecule has 2 heterocycles. The third-order valence-corrected chi connectivity index (χ3v) is 6.44. The van der Waals surface area contributed by atoms with Gasteiger partial charge in [-0.15, -0.1) is 0 Å². The van der Waals surface area contributed by atoms with Crippen molar-refractivity contribution in [3.63, 3.8) is 0 Å². The molecule has 0 saturated carbocycles. The van der Waals surface area contributed by atoms with Crippen LogP contribution >= 0.6 is 0 Å². The second-order valence-electron chi connectivity index (χ2n) is 8.91. The van der Waals surface area contributed by atoms with E-state index in [0.717, 1.165) is 16.8 Å². The van der Waals surface area contributed by atoms with Crippen LogP contribution in [0.1, 0.15) is 39.2 Å². The third kappa shape index (κ3) is 7.12. The average Bonchev–Trinajstić information content (AvgIpc) is 2.90. The number of fused-ring (bicyclic) bond motifs is 1. The van der Waals surface area contributed by atoms with E-state index >= 15 is 0 Å². The molecule has 3 atom stereocenters. The van der Waals surface area contributed by atoms with Crippen LogP contribution in [0.2, 0.25) is 0 Å². The summed E-state index contributed by atoms with van der Waals surface area (Å²) < 4.78 is 33.9. The Morgan fingerprint density at radius 3 is 2.73 bits per heavy atom. The van der Waals surface area contributed by atoms with Crippen molar-refractivity contribution in [1.82, 2.24) is 10.6 Å². The molecule has 3 unspecified atom stereocenters. The van der Waals surface area contributed by atoms with Crippen LogP contribution in [0.5, 0.6) is 0 Å². The van der Waals surface area contributed by atoms with Gasteiger partial charge in [-0.3, -0.25) is 9.59 Å². The second-order valence-corrected chi connectivity index (χ2v) is 8.91. The molecule has 9 heteroatoms. The highest BCUT2D eigenvalue weighted by Gasteiger charge is 2.26. The number of benzene rings is 2. The van der Waals surface area contributed by atoms with Crippen LogP contribution in [-0.2, 0) is 27.2 Å². The number of aryl methyl sites for hydroxylation is 1. The number of nitrogens with one attached hydrogen (secondary N) is 2. The fraction of sp³-hybridized carbons (Fsp3) is 0.464. The molecule has 0 aliphatic carbocycles. The second kappa shape index (κ2) is 13.3. The van der Waals surface area contributed by atoms with Crippen molar-refractivity contribution in [2.24, 2.45) is 0 Å². The Morgan fingerprint density at radius 1 is 1.27 bits per heavy atom. The van der Waals surface area contributed by atoms with Gasteiger partial charge < -0.3 is 20.3 Å². The first-order valence-electron chi connectivity index (χ1n) is 12.7. The Hall–Kier alpha value is -3.35. The molecule has 2 aliphatic rings. The van der Waals surface area contributed by atoms with Crippen molar-refractivity contribution < 1.29 is 24.5 Å². The maximum absolute atomic E-state index is 15.0. The minimum atomic E-state index is -1.16. The molecule has 2 aromatic carbocycles. The molecule has 0 radical (unpaired) electrons. The molecule has 7 nitrogen and oxygen atoms in total. The number of nitrogens with zero attached hydrogens (tertiary/aromatic N) is 2. The highest BCUT2D eigenvalue weighted by atomic mass is 19.1. The van der Waals surface area contributed by atoms with E-state index in [-0.39, 0.29) is 26.9 Å². The van der Waals surface area contributed by atoms with Crippen LogP contribution in [0.25, 0.3) is 11.1 Å². The predicted molar refractivity (Wildman–Crippen MR) is 140 cm³/mol. The number of hydrogen-bond acceptors (Lipinski definition) is 5. The van der Waals surface area contributed by atoms with Crippen LogP contribution in [0.4, 0.5) is 14.5 Å². The lowest BCUT2D eigenvalue weighted by molar-refractivity contribution is -0.134. The number of halogens is 2. The zero-order chi connectivity index (χ0) is 26.9. The Labute approximate surface area is 218 Å². The normalized spacial score (nSPS) is 20.3. The SMILES string of the molecule is CC.CN1C(=O)CCc2cc(-c3ccc(CC(C#N)NC(=O)C4CNCCC(F)CO4)c(F)c3)ccc21.[HH]. The van der Waals surface area contributed by atoms with Gasteiger partial charge in [-0.2, -0.15) is 5.26 Å². The molecule has 0 spiro atoms. The Morgan fingerprint density at radius 2 is 2.00 bits per heavy atom. The number of alkyl halides is 1. The number of carbonyl (C=O) groups is 2. The van der Waals surface area contributed by atoms with Crippen LogP contribution < -0.4 is 15.5 Å². The Balaban J connectivity index is 0.00000165. The molecular formula is C28H36F2N4O3. The van der Waals surface area contributed by atoms with Crippen molar-refractivity contribution >= 4 is 17.5 Å². The number of amides is 2. The summed E-state index contributed by atoms with van der Waals surface area (Å²) in [6, 6.07) is 11.5. The van der Waals surface area contributed by atoms with Crippen LogP contribution in [-0.4, -0.2) is 56.9 Å². The molecule has 200 valence electrons. The van der Waals surface area contributed by atoms with Gasteiger partial charge in [-0.1, -0.05) is 32.0 Å². The van der Waals surface area contributed by atoms with Crippen LogP contribution in [0.3, 0.4) is 0 Å². The van der Waals surface area contributed by atoms with Gasteiger partial charge in [0.2, 0.25) is 5.91 Å². The summed E-state index contributed by atoms with van der Waals surface area (Å²) in [6.45, 7) is 4.47. The van der Waals surface area contributed by atoms with Gasteiger partial charge in [0.25, 0.3) is 5.91 Å². The summed E-state index contributed by atoms with van der Waals surface area (Å²) in [5.74, 6) is -0.942. The van der Waals surface area contributed by atoms with Crippen molar-refractivity contribution in [2.45, 2.75) is 57.8 Å². The smallest absolute Gasteiger partial charge is 0.251 e. The van der Waals surface area contributed by atoms with E-state index in [1.807, 2.05) is 38.1 Å². The lowest BCUT2D eigenvalue weighted by Gasteiger charge is -2.26. The molecule has 1 fully saturated rings. The quantitative estimate of drug-likeness (QED) is 0.630. The number of hydrogen-bond donors (Lipinski definition) is 2. The van der Waals surface area contributed by atoms with Gasteiger partial charge in [0.05, 0.1) is 12.7 Å². The predicted octanol–water partition coefficient (Wildman–Crippen LogP) is 3.94. The number of ether oxygens (including phenoxy) is 1. The van der Waals surface area contributed by atoms with E-state index in [4.69, 9.17) is 4.74 Å². The Bertz CT molecular complexity index is 1160. The largest absolute Gasteiger partial charge is 0.364 e. The summed E-state index contributed by atoms with van der Waals surface area (Å²) in [7, 11) is 1.75. The van der Waals surface area contributed by atoms with Gasteiger partial charge in [0.15, 0.2) is 0 Å². The minimum Gasteiger partial charge on any atom is -0.364 e. The first-order chi connectivity index (χ1) is 17.9. The summed E-state index contributed by atoms with van der Waals surface area (Å²) in [5, 5.41) is 15.1.